The average Bonchev–Trinajstić information content (AvgIpc) is 2.86. The molecule has 1 aliphatic rings. The maximum atomic E-state index is 12.8. The highest BCUT2D eigenvalue weighted by atomic mass is 16.7. The van der Waals surface area contributed by atoms with Gasteiger partial charge in [0.1, 0.15) is 35.7 Å². The lowest BCUT2D eigenvalue weighted by molar-refractivity contribution is -0.277. The molecule has 0 aliphatic carbocycles. The summed E-state index contributed by atoms with van der Waals surface area (Å²) in [6, 6.07) is 12.3. The van der Waals surface area contributed by atoms with Gasteiger partial charge in [0.15, 0.2) is 5.75 Å². The summed E-state index contributed by atoms with van der Waals surface area (Å²) in [6.45, 7) is -0.685. The van der Waals surface area contributed by atoms with E-state index in [1.54, 1.807) is 18.2 Å². The van der Waals surface area contributed by atoms with Crippen molar-refractivity contribution in [3.63, 3.8) is 0 Å². The molecule has 1 aromatic heterocycles. The second-order valence-electron chi connectivity index (χ2n) is 7.48. The highest BCUT2D eigenvalue weighted by molar-refractivity contribution is 5.93. The molecule has 4 N–H and O–H groups in total. The first kappa shape index (κ1) is 23.7. The van der Waals surface area contributed by atoms with Gasteiger partial charge in [-0.1, -0.05) is 18.2 Å². The first-order valence-corrected chi connectivity index (χ1v) is 10.2. The molecule has 34 heavy (non-hydrogen) atoms. The van der Waals surface area contributed by atoms with Crippen molar-refractivity contribution in [3.8, 4) is 17.2 Å². The Hall–Kier alpha value is -3.48. The normalized spacial score (nSPS) is 24.6. The zero-order chi connectivity index (χ0) is 24.4. The molecule has 1 aliphatic heterocycles. The number of benzene rings is 2. The van der Waals surface area contributed by atoms with Gasteiger partial charge in [0.05, 0.1) is 24.7 Å². The van der Waals surface area contributed by atoms with Gasteiger partial charge in [-0.05, 0) is 24.3 Å². The lowest BCUT2D eigenvalue weighted by atomic mass is 9.99. The molecule has 11 heteroatoms. The Morgan fingerprint density at radius 3 is 2.41 bits per heavy atom. The maximum absolute atomic E-state index is 12.8. The number of carbonyl (C=O) groups excluding carboxylic acids is 1. The molecule has 3 aromatic rings. The highest BCUT2D eigenvalue weighted by Crippen LogP contribution is 2.37. The molecule has 180 valence electrons. The van der Waals surface area contributed by atoms with Crippen molar-refractivity contribution in [3.05, 3.63) is 64.5 Å². The number of carbonyl (C=O) groups is 1. The fourth-order valence-corrected chi connectivity index (χ4v) is 3.47. The van der Waals surface area contributed by atoms with E-state index in [-0.39, 0.29) is 22.3 Å². The van der Waals surface area contributed by atoms with Gasteiger partial charge >= 0.3 is 11.6 Å². The standard InChI is InChI=1S/C23H22O11/c1-30-12-7-8-13-14(9-12)31-22(29)20(33-21(28)11-5-3-2-4-6-11)19(13)34-23-18(27)17(26)16(25)15(10-24)32-23/h2-9,15-18,23-27H,10H2,1H3/t15-,16-,17+,18+,23+/m1/s1. The van der Waals surface area contributed by atoms with Crippen LogP contribution in [0.25, 0.3) is 11.0 Å². The summed E-state index contributed by atoms with van der Waals surface area (Å²) in [4.78, 5) is 25.4. The number of hydrogen-bond acceptors (Lipinski definition) is 11. The molecule has 1 saturated heterocycles. The molecule has 0 spiro atoms. The summed E-state index contributed by atoms with van der Waals surface area (Å²) >= 11 is 0. The van der Waals surface area contributed by atoms with E-state index >= 15 is 0 Å². The Kier molecular flexibility index (Phi) is 6.82. The molecule has 1 fully saturated rings. The zero-order valence-corrected chi connectivity index (χ0v) is 17.9. The van der Waals surface area contributed by atoms with Crippen LogP contribution in [-0.4, -0.2) is 70.8 Å². The second-order valence-corrected chi connectivity index (χ2v) is 7.48. The molecule has 0 bridgehead atoms. The average molecular weight is 474 g/mol. The summed E-state index contributed by atoms with van der Waals surface area (Å²) in [5.41, 5.74) is -0.899. The summed E-state index contributed by atoms with van der Waals surface area (Å²) < 4.78 is 26.8. The number of fused-ring (bicyclic) bond motifs is 1. The van der Waals surface area contributed by atoms with Crippen molar-refractivity contribution in [1.29, 1.82) is 0 Å². The minimum atomic E-state index is -1.77. The van der Waals surface area contributed by atoms with Crippen LogP contribution < -0.4 is 19.8 Å². The highest BCUT2D eigenvalue weighted by Gasteiger charge is 2.45. The van der Waals surface area contributed by atoms with Crippen LogP contribution in [0.5, 0.6) is 17.2 Å². The monoisotopic (exact) mass is 474 g/mol. The van der Waals surface area contributed by atoms with Crippen molar-refractivity contribution in [1.82, 2.24) is 0 Å². The third-order valence-electron chi connectivity index (χ3n) is 5.31. The Labute approximate surface area is 192 Å². The Morgan fingerprint density at radius 2 is 1.74 bits per heavy atom. The molecule has 0 amide bonds. The van der Waals surface area contributed by atoms with Crippen molar-refractivity contribution < 1.29 is 48.6 Å². The smallest absolute Gasteiger partial charge is 0.383 e. The molecule has 4 rings (SSSR count). The second kappa shape index (κ2) is 9.79. The predicted octanol–water partition coefficient (Wildman–Crippen LogP) is 0.199. The van der Waals surface area contributed by atoms with Gasteiger partial charge in [-0.15, -0.1) is 0 Å². The Morgan fingerprint density at radius 1 is 1.00 bits per heavy atom. The Bertz CT molecular complexity index is 1220. The SMILES string of the molecule is COc1ccc2c(O[C@@H]3O[C@H](CO)[C@@H](O)[C@H](O)[C@@H]3O)c(OC(=O)c3ccccc3)c(=O)oc2c1. The van der Waals surface area contributed by atoms with Crippen LogP contribution >= 0.6 is 0 Å². The Balaban J connectivity index is 1.79. The van der Waals surface area contributed by atoms with E-state index in [1.165, 1.54) is 37.4 Å². The molecule has 11 nitrogen and oxygen atoms in total. The van der Waals surface area contributed by atoms with E-state index in [4.69, 9.17) is 23.4 Å². The molecule has 0 radical (unpaired) electrons. The van der Waals surface area contributed by atoms with Crippen LogP contribution in [0.3, 0.4) is 0 Å². The summed E-state index contributed by atoms with van der Waals surface area (Å²) in [5.74, 6) is -1.45. The summed E-state index contributed by atoms with van der Waals surface area (Å²) in [5, 5.41) is 40.1. The number of aliphatic hydroxyl groups is 4. The zero-order valence-electron chi connectivity index (χ0n) is 17.9. The van der Waals surface area contributed by atoms with E-state index in [0.29, 0.717) is 5.75 Å². The number of ether oxygens (including phenoxy) is 4. The van der Waals surface area contributed by atoms with Crippen LogP contribution in [0.2, 0.25) is 0 Å². The molecule has 0 saturated carbocycles. The van der Waals surface area contributed by atoms with Gasteiger partial charge < -0.3 is 43.8 Å². The van der Waals surface area contributed by atoms with Gasteiger partial charge in [-0.2, -0.15) is 0 Å². The van der Waals surface area contributed by atoms with Gasteiger partial charge in [0.2, 0.25) is 6.29 Å². The molecular weight excluding hydrogens is 452 g/mol. The number of methoxy groups -OCH3 is 1. The number of hydrogen-bond donors (Lipinski definition) is 4. The van der Waals surface area contributed by atoms with Crippen LogP contribution in [-0.2, 0) is 4.74 Å². The third-order valence-corrected chi connectivity index (χ3v) is 5.31. The fourth-order valence-electron chi connectivity index (χ4n) is 3.47. The number of aliphatic hydroxyl groups excluding tert-OH is 4. The first-order chi connectivity index (χ1) is 16.3. The van der Waals surface area contributed by atoms with Crippen LogP contribution in [0.15, 0.2) is 57.7 Å². The van der Waals surface area contributed by atoms with E-state index in [9.17, 15) is 30.0 Å². The molecule has 2 heterocycles. The van der Waals surface area contributed by atoms with E-state index in [2.05, 4.69) is 0 Å². The van der Waals surface area contributed by atoms with Crippen LogP contribution in [0.4, 0.5) is 0 Å². The molecule has 2 aromatic carbocycles. The number of rotatable bonds is 6. The topological polar surface area (TPSA) is 165 Å². The lowest BCUT2D eigenvalue weighted by Crippen LogP contribution is -2.60. The van der Waals surface area contributed by atoms with Crippen molar-refractivity contribution in [2.45, 2.75) is 30.7 Å². The molecule has 0 unspecified atom stereocenters. The molecule has 5 atom stereocenters. The van der Waals surface area contributed by atoms with Crippen molar-refractivity contribution >= 4 is 16.9 Å². The largest absolute Gasteiger partial charge is 0.497 e. The van der Waals surface area contributed by atoms with Gasteiger partial charge in [-0.3, -0.25) is 0 Å². The fraction of sp³-hybridized carbons (Fsp3) is 0.304. The third kappa shape index (κ3) is 4.47. The van der Waals surface area contributed by atoms with Crippen molar-refractivity contribution in [2.24, 2.45) is 0 Å². The van der Waals surface area contributed by atoms with Gasteiger partial charge in [0, 0.05) is 6.07 Å². The quantitative estimate of drug-likeness (QED) is 0.285. The minimum Gasteiger partial charge on any atom is -0.497 e. The van der Waals surface area contributed by atoms with Gasteiger partial charge in [-0.25, -0.2) is 9.59 Å². The van der Waals surface area contributed by atoms with E-state index in [1.807, 2.05) is 0 Å². The van der Waals surface area contributed by atoms with E-state index < -0.39 is 54.7 Å². The minimum absolute atomic E-state index is 0.0171. The van der Waals surface area contributed by atoms with Gasteiger partial charge in [0.25, 0.3) is 5.75 Å². The maximum Gasteiger partial charge on any atom is 0.383 e. The van der Waals surface area contributed by atoms with E-state index in [0.717, 1.165) is 0 Å². The van der Waals surface area contributed by atoms with Crippen molar-refractivity contribution in [2.75, 3.05) is 13.7 Å². The number of esters is 1. The first-order valence-electron chi connectivity index (χ1n) is 10.2. The van der Waals surface area contributed by atoms with Crippen LogP contribution in [0, 0.1) is 0 Å². The summed E-state index contributed by atoms with van der Waals surface area (Å²) in [7, 11) is 1.42. The predicted molar refractivity (Wildman–Crippen MR) is 115 cm³/mol. The lowest BCUT2D eigenvalue weighted by Gasteiger charge is -2.39. The van der Waals surface area contributed by atoms with Crippen LogP contribution in [0.1, 0.15) is 10.4 Å². The summed E-state index contributed by atoms with van der Waals surface area (Å²) in [6.07, 6.45) is -8.01. The molecular formula is C23H22O11.